The zero-order chi connectivity index (χ0) is 21.6. The van der Waals surface area contributed by atoms with Gasteiger partial charge in [0.15, 0.2) is 0 Å². The Morgan fingerprint density at radius 1 is 1.00 bits per heavy atom. The minimum Gasteiger partial charge on any atom is -0.347 e. The summed E-state index contributed by atoms with van der Waals surface area (Å²) in [6.45, 7) is 3.21. The van der Waals surface area contributed by atoms with Crippen LogP contribution in [0.2, 0.25) is 0 Å². The minimum absolute atomic E-state index is 0.0923. The molecule has 0 aliphatic carbocycles. The number of para-hydroxylation sites is 1. The van der Waals surface area contributed by atoms with Crippen LogP contribution in [-0.2, 0) is 17.9 Å². The Hall–Kier alpha value is -4.10. The molecule has 0 bridgehead atoms. The van der Waals surface area contributed by atoms with Crippen molar-refractivity contribution in [2.24, 2.45) is 0 Å². The highest BCUT2D eigenvalue weighted by Crippen LogP contribution is 2.25. The fourth-order valence-electron chi connectivity index (χ4n) is 3.67. The summed E-state index contributed by atoms with van der Waals surface area (Å²) < 4.78 is 2.17. The van der Waals surface area contributed by atoms with E-state index < -0.39 is 0 Å². The summed E-state index contributed by atoms with van der Waals surface area (Å²) in [6.07, 6.45) is 3.69. The van der Waals surface area contributed by atoms with Crippen molar-refractivity contribution in [1.29, 1.82) is 5.26 Å². The summed E-state index contributed by atoms with van der Waals surface area (Å²) in [5, 5.41) is 13.5. The summed E-state index contributed by atoms with van der Waals surface area (Å²) in [4.78, 5) is 12.6. The van der Waals surface area contributed by atoms with Gasteiger partial charge in [-0.1, -0.05) is 72.8 Å². The van der Waals surface area contributed by atoms with Crippen LogP contribution in [0.4, 0.5) is 0 Å². The molecule has 0 saturated carbocycles. The number of aromatic nitrogens is 1. The molecule has 0 aliphatic rings. The zero-order valence-electron chi connectivity index (χ0n) is 17.4. The second-order valence-electron chi connectivity index (χ2n) is 7.49. The average Bonchev–Trinajstić information content (AvgIpc) is 3.15. The molecule has 1 aromatic heterocycles. The third-order valence-corrected chi connectivity index (χ3v) is 5.38. The number of carbonyl (C=O) groups is 1. The second kappa shape index (κ2) is 9.15. The van der Waals surface area contributed by atoms with Crippen molar-refractivity contribution in [2.45, 2.75) is 20.0 Å². The molecule has 0 aliphatic heterocycles. The van der Waals surface area contributed by atoms with Crippen LogP contribution in [-0.4, -0.2) is 10.5 Å². The van der Waals surface area contributed by atoms with Gasteiger partial charge in [-0.3, -0.25) is 4.79 Å². The molecule has 152 valence electrons. The lowest BCUT2D eigenvalue weighted by Crippen LogP contribution is -2.23. The number of hydrogen-bond acceptors (Lipinski definition) is 2. The highest BCUT2D eigenvalue weighted by molar-refractivity contribution is 6.04. The number of rotatable bonds is 6. The lowest BCUT2D eigenvalue weighted by molar-refractivity contribution is -0.117. The number of carbonyl (C=O) groups excluding carboxylic acids is 1. The molecule has 3 aromatic carbocycles. The standard InChI is InChI=1S/C27H23N3O/c1-20-9-5-6-12-22(20)18-30-19-24(25-13-7-8-14-26(25)30)15-23(16-28)27(31)29-17-21-10-3-2-4-11-21/h2-15,19H,17-18H2,1H3,(H,29,31). The quantitative estimate of drug-likeness (QED) is 0.353. The monoisotopic (exact) mass is 405 g/mol. The van der Waals surface area contributed by atoms with E-state index in [2.05, 4.69) is 41.1 Å². The topological polar surface area (TPSA) is 57.8 Å². The molecule has 0 atom stereocenters. The van der Waals surface area contributed by atoms with Gasteiger partial charge in [0.2, 0.25) is 0 Å². The fraction of sp³-hybridized carbons (Fsp3) is 0.111. The van der Waals surface area contributed by atoms with Crippen LogP contribution >= 0.6 is 0 Å². The second-order valence-corrected chi connectivity index (χ2v) is 7.49. The maximum absolute atomic E-state index is 12.6. The number of nitrogens with zero attached hydrogens (tertiary/aromatic N) is 2. The minimum atomic E-state index is -0.373. The van der Waals surface area contributed by atoms with E-state index in [9.17, 15) is 10.1 Å². The van der Waals surface area contributed by atoms with Crippen molar-refractivity contribution in [3.63, 3.8) is 0 Å². The number of hydrogen-bond donors (Lipinski definition) is 1. The van der Waals surface area contributed by atoms with Gasteiger partial charge in [0.1, 0.15) is 11.6 Å². The van der Waals surface area contributed by atoms with E-state index in [1.165, 1.54) is 11.1 Å². The molecular formula is C27H23N3O. The summed E-state index contributed by atoms with van der Waals surface area (Å²) >= 11 is 0. The summed E-state index contributed by atoms with van der Waals surface area (Å²) in [5.74, 6) is -0.373. The first kappa shape index (κ1) is 20.2. The first-order chi connectivity index (χ1) is 15.2. The molecule has 4 heteroatoms. The van der Waals surface area contributed by atoms with Gasteiger partial charge < -0.3 is 9.88 Å². The first-order valence-electron chi connectivity index (χ1n) is 10.2. The van der Waals surface area contributed by atoms with Crippen LogP contribution < -0.4 is 5.32 Å². The lowest BCUT2D eigenvalue weighted by atomic mass is 10.1. The van der Waals surface area contributed by atoms with Gasteiger partial charge in [-0.25, -0.2) is 0 Å². The number of fused-ring (bicyclic) bond motifs is 1. The SMILES string of the molecule is Cc1ccccc1Cn1cc(C=C(C#N)C(=O)NCc2ccccc2)c2ccccc21. The van der Waals surface area contributed by atoms with Crippen LogP contribution in [0.1, 0.15) is 22.3 Å². The molecule has 0 radical (unpaired) electrons. The zero-order valence-corrected chi connectivity index (χ0v) is 17.4. The Morgan fingerprint density at radius 2 is 1.71 bits per heavy atom. The Balaban J connectivity index is 1.63. The third kappa shape index (κ3) is 4.57. The van der Waals surface area contributed by atoms with Crippen LogP contribution in [0.15, 0.2) is 90.6 Å². The molecule has 0 saturated heterocycles. The maximum Gasteiger partial charge on any atom is 0.262 e. The van der Waals surface area contributed by atoms with E-state index in [4.69, 9.17) is 0 Å². The van der Waals surface area contributed by atoms with E-state index in [1.54, 1.807) is 6.08 Å². The van der Waals surface area contributed by atoms with Gasteiger partial charge in [-0.2, -0.15) is 5.26 Å². The predicted molar refractivity (Wildman–Crippen MR) is 124 cm³/mol. The van der Waals surface area contributed by atoms with Crippen molar-refractivity contribution in [2.75, 3.05) is 0 Å². The molecule has 4 aromatic rings. The Kier molecular flexibility index (Phi) is 5.96. The van der Waals surface area contributed by atoms with E-state index in [1.807, 2.05) is 66.9 Å². The molecule has 0 fully saturated rings. The van der Waals surface area contributed by atoms with Crippen molar-refractivity contribution in [3.05, 3.63) is 113 Å². The van der Waals surface area contributed by atoms with Crippen molar-refractivity contribution < 1.29 is 4.79 Å². The molecule has 1 N–H and O–H groups in total. The van der Waals surface area contributed by atoms with Crippen LogP contribution in [0.25, 0.3) is 17.0 Å². The Bertz CT molecular complexity index is 1290. The summed E-state index contributed by atoms with van der Waals surface area (Å²) in [5.41, 5.74) is 5.47. The number of amides is 1. The van der Waals surface area contributed by atoms with Crippen LogP contribution in [0.5, 0.6) is 0 Å². The molecule has 0 unspecified atom stereocenters. The van der Waals surface area contributed by atoms with E-state index >= 15 is 0 Å². The Labute approximate surface area is 182 Å². The summed E-state index contributed by atoms with van der Waals surface area (Å²) in [6, 6.07) is 28.1. The van der Waals surface area contributed by atoms with Gasteiger partial charge in [0, 0.05) is 35.8 Å². The van der Waals surface area contributed by atoms with Gasteiger partial charge in [-0.15, -0.1) is 0 Å². The predicted octanol–water partition coefficient (Wildman–Crippen LogP) is 5.22. The average molecular weight is 406 g/mol. The van der Waals surface area contributed by atoms with Crippen molar-refractivity contribution in [3.8, 4) is 6.07 Å². The smallest absolute Gasteiger partial charge is 0.262 e. The largest absolute Gasteiger partial charge is 0.347 e. The highest BCUT2D eigenvalue weighted by atomic mass is 16.1. The van der Waals surface area contributed by atoms with Crippen molar-refractivity contribution in [1.82, 2.24) is 9.88 Å². The molecule has 31 heavy (non-hydrogen) atoms. The fourth-order valence-corrected chi connectivity index (χ4v) is 3.67. The van der Waals surface area contributed by atoms with Gasteiger partial charge in [0.25, 0.3) is 5.91 Å². The number of nitrogens with one attached hydrogen (secondary N) is 1. The summed E-state index contributed by atoms with van der Waals surface area (Å²) in [7, 11) is 0. The Morgan fingerprint density at radius 3 is 2.48 bits per heavy atom. The van der Waals surface area contributed by atoms with Gasteiger partial charge in [0.05, 0.1) is 0 Å². The van der Waals surface area contributed by atoms with Gasteiger partial charge >= 0.3 is 0 Å². The van der Waals surface area contributed by atoms with Crippen molar-refractivity contribution >= 4 is 22.9 Å². The van der Waals surface area contributed by atoms with E-state index in [-0.39, 0.29) is 11.5 Å². The van der Waals surface area contributed by atoms with Crippen LogP contribution in [0, 0.1) is 18.3 Å². The number of benzene rings is 3. The molecule has 4 rings (SSSR count). The molecular weight excluding hydrogens is 382 g/mol. The normalized spacial score (nSPS) is 11.3. The molecule has 1 heterocycles. The maximum atomic E-state index is 12.6. The van der Waals surface area contributed by atoms with Crippen LogP contribution in [0.3, 0.4) is 0 Å². The number of nitriles is 1. The molecule has 0 spiro atoms. The van der Waals surface area contributed by atoms with E-state index in [0.29, 0.717) is 6.54 Å². The third-order valence-electron chi connectivity index (χ3n) is 5.38. The van der Waals surface area contributed by atoms with Gasteiger partial charge in [-0.05, 0) is 35.8 Å². The van der Waals surface area contributed by atoms with E-state index in [0.717, 1.165) is 28.6 Å². The molecule has 4 nitrogen and oxygen atoms in total. The number of aryl methyl sites for hydroxylation is 1. The highest BCUT2D eigenvalue weighted by Gasteiger charge is 2.13. The first-order valence-corrected chi connectivity index (χ1v) is 10.2. The molecule has 1 amide bonds. The lowest BCUT2D eigenvalue weighted by Gasteiger charge is -2.08.